The van der Waals surface area contributed by atoms with Crippen molar-refractivity contribution in [3.05, 3.63) is 35.9 Å². The Bertz CT molecular complexity index is 526. The zero-order valence-electron chi connectivity index (χ0n) is 14.7. The Hall–Kier alpha value is -1.59. The van der Waals surface area contributed by atoms with Gasteiger partial charge in [0.1, 0.15) is 17.3 Å². The van der Waals surface area contributed by atoms with Crippen molar-refractivity contribution in [2.45, 2.75) is 44.5 Å². The number of piperidine rings is 1. The van der Waals surface area contributed by atoms with E-state index in [1.807, 2.05) is 51.1 Å². The van der Waals surface area contributed by atoms with Gasteiger partial charge in [-0.1, -0.05) is 30.3 Å². The van der Waals surface area contributed by atoms with E-state index >= 15 is 0 Å². The van der Waals surface area contributed by atoms with Gasteiger partial charge in [-0.2, -0.15) is 0 Å². The summed E-state index contributed by atoms with van der Waals surface area (Å²) in [5.74, 6) is 0. The molecule has 0 saturated carbocycles. The van der Waals surface area contributed by atoms with Gasteiger partial charge in [0.25, 0.3) is 0 Å². The van der Waals surface area contributed by atoms with Gasteiger partial charge in [0.05, 0.1) is 6.54 Å². The Morgan fingerprint density at radius 3 is 2.39 bits per heavy atom. The minimum atomic E-state index is -0.547. The lowest BCUT2D eigenvalue weighted by Gasteiger charge is -2.46. The Balaban J connectivity index is 2.20. The molecule has 0 aromatic heterocycles. The third-order valence-electron chi connectivity index (χ3n) is 4.22. The molecule has 1 aromatic carbocycles. The number of amides is 1. The maximum Gasteiger partial charge on any atom is 0.410 e. The second-order valence-electron chi connectivity index (χ2n) is 6.86. The summed E-state index contributed by atoms with van der Waals surface area (Å²) in [6.45, 7) is 6.61. The van der Waals surface area contributed by atoms with Crippen LogP contribution in [0, 0.1) is 0 Å². The van der Waals surface area contributed by atoms with Crippen LogP contribution in [0.1, 0.15) is 32.8 Å². The molecule has 128 valence electrons. The molecule has 1 heterocycles. The molecule has 23 heavy (non-hydrogen) atoms. The van der Waals surface area contributed by atoms with Gasteiger partial charge in [0.2, 0.25) is 0 Å². The van der Waals surface area contributed by atoms with Crippen LogP contribution in [-0.4, -0.2) is 50.0 Å². The van der Waals surface area contributed by atoms with Crippen LogP contribution in [0.3, 0.4) is 0 Å². The van der Waals surface area contributed by atoms with Crippen molar-refractivity contribution in [1.29, 1.82) is 0 Å². The topological polar surface area (TPSA) is 48.0 Å². The predicted molar refractivity (Wildman–Crippen MR) is 88.4 cm³/mol. The molecule has 0 unspecified atom stereocenters. The Kier molecular flexibility index (Phi) is 5.32. The van der Waals surface area contributed by atoms with Crippen molar-refractivity contribution in [2.75, 3.05) is 27.3 Å². The first-order valence-electron chi connectivity index (χ1n) is 7.94. The van der Waals surface area contributed by atoms with Gasteiger partial charge in [0.15, 0.2) is 0 Å². The summed E-state index contributed by atoms with van der Waals surface area (Å²) in [5.41, 5.74) is 0.0156. The highest BCUT2D eigenvalue weighted by molar-refractivity contribution is 5.68. The number of hydrogen-bond acceptors (Lipinski definition) is 4. The number of likely N-dealkylation sites (tertiary alicyclic amines) is 1. The number of carbonyl (C=O) groups is 1. The molecule has 0 N–H and O–H groups in total. The van der Waals surface area contributed by atoms with Gasteiger partial charge in [0, 0.05) is 27.2 Å². The van der Waals surface area contributed by atoms with Gasteiger partial charge >= 0.3 is 6.09 Å². The molecule has 5 heteroatoms. The van der Waals surface area contributed by atoms with Gasteiger partial charge in [-0.15, -0.1) is 0 Å². The van der Waals surface area contributed by atoms with E-state index in [0.717, 1.165) is 5.56 Å². The number of hydrogen-bond donors (Lipinski definition) is 0. The average Bonchev–Trinajstić information content (AvgIpc) is 2.53. The highest BCUT2D eigenvalue weighted by Gasteiger charge is 2.46. The zero-order valence-corrected chi connectivity index (χ0v) is 14.7. The summed E-state index contributed by atoms with van der Waals surface area (Å²) in [5, 5.41) is 0. The zero-order chi connectivity index (χ0) is 17.1. The van der Waals surface area contributed by atoms with Crippen LogP contribution < -0.4 is 0 Å². The average molecular weight is 321 g/mol. The number of rotatable bonds is 3. The summed E-state index contributed by atoms with van der Waals surface area (Å²) in [7, 11) is 3.35. The van der Waals surface area contributed by atoms with Crippen molar-refractivity contribution < 1.29 is 19.0 Å². The SMILES string of the molecule is CO[C@@H]1CN(C(=O)OC(C)(C)C)CC[C@@]1(OC)c1ccccc1. The standard InChI is InChI=1S/C18H27NO4/c1-17(2,3)23-16(20)19-12-11-18(22-5,15(13-19)21-4)14-9-7-6-8-10-14/h6-10,15H,11-13H2,1-5H3/t15-,18-/m1/s1. The van der Waals surface area contributed by atoms with E-state index in [2.05, 4.69) is 0 Å². The molecule has 0 aliphatic carbocycles. The van der Waals surface area contributed by atoms with Crippen LogP contribution in [-0.2, 0) is 19.8 Å². The lowest BCUT2D eigenvalue weighted by Crippen LogP contribution is -2.57. The molecule has 2 rings (SSSR count). The Morgan fingerprint density at radius 2 is 1.87 bits per heavy atom. The molecule has 1 fully saturated rings. The first kappa shape index (κ1) is 17.8. The summed E-state index contributed by atoms with van der Waals surface area (Å²) in [6, 6.07) is 10.0. The van der Waals surface area contributed by atoms with Crippen LogP contribution in [0.4, 0.5) is 4.79 Å². The third kappa shape index (κ3) is 3.85. The van der Waals surface area contributed by atoms with Crippen LogP contribution >= 0.6 is 0 Å². The normalized spacial score (nSPS) is 25.3. The van der Waals surface area contributed by atoms with Crippen LogP contribution in [0.2, 0.25) is 0 Å². The van der Waals surface area contributed by atoms with Gasteiger partial charge in [-0.25, -0.2) is 4.79 Å². The number of carbonyl (C=O) groups excluding carboxylic acids is 1. The number of nitrogens with zero attached hydrogens (tertiary/aromatic N) is 1. The summed E-state index contributed by atoms with van der Waals surface area (Å²) in [4.78, 5) is 14.0. The summed E-state index contributed by atoms with van der Waals surface area (Å²) >= 11 is 0. The van der Waals surface area contributed by atoms with E-state index in [4.69, 9.17) is 14.2 Å². The van der Waals surface area contributed by atoms with Gasteiger partial charge < -0.3 is 19.1 Å². The molecule has 1 aliphatic heterocycles. The van der Waals surface area contributed by atoms with E-state index in [-0.39, 0.29) is 12.2 Å². The number of methoxy groups -OCH3 is 2. The monoisotopic (exact) mass is 321 g/mol. The van der Waals surface area contributed by atoms with Crippen molar-refractivity contribution in [2.24, 2.45) is 0 Å². The maximum absolute atomic E-state index is 12.3. The van der Waals surface area contributed by atoms with Gasteiger partial charge in [-0.05, 0) is 26.3 Å². The molecule has 1 saturated heterocycles. The maximum atomic E-state index is 12.3. The first-order valence-corrected chi connectivity index (χ1v) is 7.94. The quantitative estimate of drug-likeness (QED) is 0.858. The van der Waals surface area contributed by atoms with E-state index in [1.165, 1.54) is 0 Å². The van der Waals surface area contributed by atoms with Crippen LogP contribution in [0.15, 0.2) is 30.3 Å². The molecule has 0 bridgehead atoms. The number of ether oxygens (including phenoxy) is 3. The molecule has 1 aromatic rings. The molecular weight excluding hydrogens is 294 g/mol. The van der Waals surface area contributed by atoms with E-state index in [0.29, 0.717) is 19.5 Å². The van der Waals surface area contributed by atoms with Crippen molar-refractivity contribution in [3.8, 4) is 0 Å². The fourth-order valence-electron chi connectivity index (χ4n) is 3.06. The fraction of sp³-hybridized carbons (Fsp3) is 0.611. The molecule has 0 spiro atoms. The molecule has 0 radical (unpaired) electrons. The smallest absolute Gasteiger partial charge is 0.410 e. The molecular formula is C18H27NO4. The lowest BCUT2D eigenvalue weighted by molar-refractivity contribution is -0.156. The molecule has 5 nitrogen and oxygen atoms in total. The van der Waals surface area contributed by atoms with E-state index in [1.54, 1.807) is 19.1 Å². The molecule has 1 amide bonds. The molecule has 1 aliphatic rings. The minimum absolute atomic E-state index is 0.254. The number of benzene rings is 1. The van der Waals surface area contributed by atoms with Crippen LogP contribution in [0.25, 0.3) is 0 Å². The highest BCUT2D eigenvalue weighted by atomic mass is 16.6. The lowest BCUT2D eigenvalue weighted by atomic mass is 9.81. The van der Waals surface area contributed by atoms with Crippen molar-refractivity contribution in [1.82, 2.24) is 4.90 Å². The first-order chi connectivity index (χ1) is 10.8. The molecule has 2 atom stereocenters. The van der Waals surface area contributed by atoms with Gasteiger partial charge in [-0.3, -0.25) is 0 Å². The second-order valence-corrected chi connectivity index (χ2v) is 6.86. The third-order valence-corrected chi connectivity index (χ3v) is 4.22. The largest absolute Gasteiger partial charge is 0.444 e. The fourth-order valence-corrected chi connectivity index (χ4v) is 3.06. The minimum Gasteiger partial charge on any atom is -0.444 e. The Morgan fingerprint density at radius 1 is 1.22 bits per heavy atom. The van der Waals surface area contributed by atoms with Crippen LogP contribution in [0.5, 0.6) is 0 Å². The predicted octanol–water partition coefficient (Wildman–Crippen LogP) is 3.18. The van der Waals surface area contributed by atoms with E-state index < -0.39 is 11.2 Å². The highest BCUT2D eigenvalue weighted by Crippen LogP contribution is 2.38. The summed E-state index contributed by atoms with van der Waals surface area (Å²) < 4.78 is 17.1. The van der Waals surface area contributed by atoms with E-state index in [9.17, 15) is 4.79 Å². The van der Waals surface area contributed by atoms with Crippen molar-refractivity contribution in [3.63, 3.8) is 0 Å². The Labute approximate surface area is 138 Å². The summed E-state index contributed by atoms with van der Waals surface area (Å²) in [6.07, 6.45) is 0.0964. The van der Waals surface area contributed by atoms with Crippen molar-refractivity contribution >= 4 is 6.09 Å². The second kappa shape index (κ2) is 6.89.